The molecule has 0 spiro atoms. The van der Waals surface area contributed by atoms with Gasteiger partial charge in [-0.1, -0.05) is 36.4 Å². The maximum absolute atomic E-state index is 12.9. The Bertz CT molecular complexity index is 1140. The van der Waals surface area contributed by atoms with Crippen molar-refractivity contribution in [2.45, 2.75) is 39.0 Å². The van der Waals surface area contributed by atoms with Crippen LogP contribution in [0, 0.1) is 13.8 Å². The highest BCUT2D eigenvalue weighted by molar-refractivity contribution is 5.94. The van der Waals surface area contributed by atoms with E-state index in [0.29, 0.717) is 18.5 Å². The predicted octanol–water partition coefficient (Wildman–Crippen LogP) is 4.41. The van der Waals surface area contributed by atoms with E-state index in [-0.39, 0.29) is 11.8 Å². The Kier molecular flexibility index (Phi) is 6.35. The van der Waals surface area contributed by atoms with Crippen molar-refractivity contribution in [2.24, 2.45) is 5.73 Å². The second kappa shape index (κ2) is 9.35. The average Bonchev–Trinajstić information content (AvgIpc) is 2.82. The van der Waals surface area contributed by atoms with Crippen molar-refractivity contribution in [1.82, 2.24) is 9.88 Å². The molecular weight excluding hydrogens is 398 g/mol. The van der Waals surface area contributed by atoms with Gasteiger partial charge in [-0.05, 0) is 67.1 Å². The van der Waals surface area contributed by atoms with E-state index in [9.17, 15) is 9.59 Å². The molecule has 0 saturated carbocycles. The van der Waals surface area contributed by atoms with Crippen molar-refractivity contribution >= 4 is 11.8 Å². The van der Waals surface area contributed by atoms with Gasteiger partial charge in [0.15, 0.2) is 0 Å². The standard InChI is InChI=1S/C27H29N3O2/c1-18-8-9-20(13-19(18)2)14-26(31)30-12-4-7-24(17-30)25-11-10-23(16-29-25)21-5-3-6-22(15-21)27(28)32/h3,5-6,8-11,13,15-16,24H,4,7,12,14,17H2,1-2H3,(H2,28,32)/t24-/m1/s1. The van der Waals surface area contributed by atoms with Gasteiger partial charge >= 0.3 is 0 Å². The number of piperidine rings is 1. The fraction of sp³-hybridized carbons (Fsp3) is 0.296. The number of aryl methyl sites for hydroxylation is 2. The number of carbonyl (C=O) groups is 2. The number of nitrogens with two attached hydrogens (primary N) is 1. The molecule has 0 unspecified atom stereocenters. The van der Waals surface area contributed by atoms with E-state index in [2.05, 4.69) is 32.0 Å². The number of pyridine rings is 1. The monoisotopic (exact) mass is 427 g/mol. The molecule has 1 saturated heterocycles. The van der Waals surface area contributed by atoms with Gasteiger partial charge in [-0.15, -0.1) is 0 Å². The SMILES string of the molecule is Cc1ccc(CC(=O)N2CCC[C@@H](c3ccc(-c4cccc(C(N)=O)c4)cn3)C2)cc1C. The van der Waals surface area contributed by atoms with E-state index in [4.69, 9.17) is 10.7 Å². The topological polar surface area (TPSA) is 76.3 Å². The highest BCUT2D eigenvalue weighted by Gasteiger charge is 2.25. The summed E-state index contributed by atoms with van der Waals surface area (Å²) in [6.07, 6.45) is 4.28. The molecule has 0 radical (unpaired) electrons. The third-order valence-corrected chi connectivity index (χ3v) is 6.39. The number of aromatic nitrogens is 1. The summed E-state index contributed by atoms with van der Waals surface area (Å²) >= 11 is 0. The van der Waals surface area contributed by atoms with Gasteiger partial charge in [0.1, 0.15) is 0 Å². The lowest BCUT2D eigenvalue weighted by Gasteiger charge is -2.32. The number of carbonyl (C=O) groups excluding carboxylic acids is 2. The number of nitrogens with zero attached hydrogens (tertiary/aromatic N) is 2. The van der Waals surface area contributed by atoms with Crippen molar-refractivity contribution in [3.63, 3.8) is 0 Å². The molecule has 1 aliphatic rings. The molecule has 4 rings (SSSR count). The van der Waals surface area contributed by atoms with E-state index in [1.54, 1.807) is 12.1 Å². The van der Waals surface area contributed by atoms with Crippen molar-refractivity contribution < 1.29 is 9.59 Å². The van der Waals surface area contributed by atoms with Crippen LogP contribution in [0.4, 0.5) is 0 Å². The summed E-state index contributed by atoms with van der Waals surface area (Å²) in [7, 11) is 0. The van der Waals surface area contributed by atoms with Crippen LogP contribution in [-0.2, 0) is 11.2 Å². The quantitative estimate of drug-likeness (QED) is 0.655. The third kappa shape index (κ3) is 4.88. The predicted molar refractivity (Wildman–Crippen MR) is 126 cm³/mol. The van der Waals surface area contributed by atoms with Crippen LogP contribution in [0.1, 0.15) is 51.5 Å². The minimum absolute atomic E-state index is 0.179. The lowest BCUT2D eigenvalue weighted by atomic mass is 9.93. The van der Waals surface area contributed by atoms with E-state index in [1.165, 1.54) is 11.1 Å². The summed E-state index contributed by atoms with van der Waals surface area (Å²) in [6, 6.07) is 17.6. The second-order valence-corrected chi connectivity index (χ2v) is 8.69. The molecule has 32 heavy (non-hydrogen) atoms. The van der Waals surface area contributed by atoms with Crippen LogP contribution < -0.4 is 5.73 Å². The van der Waals surface area contributed by atoms with Gasteiger partial charge in [0.2, 0.25) is 11.8 Å². The number of hydrogen-bond donors (Lipinski definition) is 1. The molecule has 0 bridgehead atoms. The molecule has 2 N–H and O–H groups in total. The number of rotatable bonds is 5. The highest BCUT2D eigenvalue weighted by Crippen LogP contribution is 2.28. The largest absolute Gasteiger partial charge is 0.366 e. The third-order valence-electron chi connectivity index (χ3n) is 6.39. The lowest BCUT2D eigenvalue weighted by molar-refractivity contribution is -0.131. The van der Waals surface area contributed by atoms with Crippen molar-refractivity contribution in [1.29, 1.82) is 0 Å². The van der Waals surface area contributed by atoms with Crippen molar-refractivity contribution in [2.75, 3.05) is 13.1 Å². The molecule has 2 amide bonds. The maximum Gasteiger partial charge on any atom is 0.248 e. The van der Waals surface area contributed by atoms with Gasteiger partial charge in [-0.2, -0.15) is 0 Å². The van der Waals surface area contributed by atoms with Crippen LogP contribution >= 0.6 is 0 Å². The Labute approximate surface area is 189 Å². The van der Waals surface area contributed by atoms with E-state index >= 15 is 0 Å². The van der Waals surface area contributed by atoms with Crippen LogP contribution in [0.2, 0.25) is 0 Å². The zero-order chi connectivity index (χ0) is 22.7. The van der Waals surface area contributed by atoms with Crippen LogP contribution in [0.25, 0.3) is 11.1 Å². The first kappa shape index (κ1) is 21.8. The highest BCUT2D eigenvalue weighted by atomic mass is 16.2. The minimum Gasteiger partial charge on any atom is -0.366 e. The number of hydrogen-bond acceptors (Lipinski definition) is 3. The Morgan fingerprint density at radius 3 is 2.59 bits per heavy atom. The number of likely N-dealkylation sites (tertiary alicyclic amines) is 1. The van der Waals surface area contributed by atoms with Crippen LogP contribution in [0.15, 0.2) is 60.8 Å². The summed E-state index contributed by atoms with van der Waals surface area (Å²) in [4.78, 5) is 31.1. The van der Waals surface area contributed by atoms with Gasteiger partial charge in [0, 0.05) is 42.0 Å². The summed E-state index contributed by atoms with van der Waals surface area (Å²) in [5, 5.41) is 0. The Hall–Kier alpha value is -3.47. The molecule has 1 aliphatic heterocycles. The molecule has 2 heterocycles. The number of benzene rings is 2. The summed E-state index contributed by atoms with van der Waals surface area (Å²) < 4.78 is 0. The first-order chi connectivity index (χ1) is 15.4. The molecule has 1 aromatic heterocycles. The lowest BCUT2D eigenvalue weighted by Crippen LogP contribution is -2.40. The van der Waals surface area contributed by atoms with Crippen LogP contribution in [0.5, 0.6) is 0 Å². The van der Waals surface area contributed by atoms with Crippen LogP contribution in [-0.4, -0.2) is 34.8 Å². The first-order valence-electron chi connectivity index (χ1n) is 11.1. The normalized spacial score (nSPS) is 16.1. The van der Waals surface area contributed by atoms with Gasteiger partial charge in [0.05, 0.1) is 6.42 Å². The molecule has 0 aliphatic carbocycles. The fourth-order valence-corrected chi connectivity index (χ4v) is 4.31. The van der Waals surface area contributed by atoms with Gasteiger partial charge in [-0.3, -0.25) is 14.6 Å². The van der Waals surface area contributed by atoms with Crippen molar-refractivity contribution in [3.8, 4) is 11.1 Å². The fourth-order valence-electron chi connectivity index (χ4n) is 4.31. The summed E-state index contributed by atoms with van der Waals surface area (Å²) in [5.41, 5.74) is 12.3. The molecule has 164 valence electrons. The maximum atomic E-state index is 12.9. The number of primary amides is 1. The zero-order valence-corrected chi connectivity index (χ0v) is 18.7. The Morgan fingerprint density at radius 2 is 1.88 bits per heavy atom. The molecule has 1 atom stereocenters. The molecule has 5 heteroatoms. The zero-order valence-electron chi connectivity index (χ0n) is 18.7. The second-order valence-electron chi connectivity index (χ2n) is 8.69. The van der Waals surface area contributed by atoms with Gasteiger partial charge in [0.25, 0.3) is 0 Å². The minimum atomic E-state index is -0.441. The number of amides is 2. The van der Waals surface area contributed by atoms with E-state index < -0.39 is 5.91 Å². The summed E-state index contributed by atoms with van der Waals surface area (Å²) in [6.45, 7) is 5.67. The Morgan fingerprint density at radius 1 is 1.03 bits per heavy atom. The molecule has 3 aromatic rings. The smallest absolute Gasteiger partial charge is 0.248 e. The molecular formula is C27H29N3O2. The summed E-state index contributed by atoms with van der Waals surface area (Å²) in [5.74, 6) is -0.0273. The first-order valence-corrected chi connectivity index (χ1v) is 11.1. The van der Waals surface area contributed by atoms with E-state index in [0.717, 1.165) is 41.8 Å². The van der Waals surface area contributed by atoms with Gasteiger partial charge < -0.3 is 10.6 Å². The van der Waals surface area contributed by atoms with E-state index in [1.807, 2.05) is 35.4 Å². The van der Waals surface area contributed by atoms with Gasteiger partial charge in [-0.25, -0.2) is 0 Å². The average molecular weight is 428 g/mol. The molecule has 2 aromatic carbocycles. The molecule has 5 nitrogen and oxygen atoms in total. The molecule has 1 fully saturated rings. The van der Waals surface area contributed by atoms with Crippen molar-refractivity contribution in [3.05, 3.63) is 88.7 Å². The van der Waals surface area contributed by atoms with Crippen LogP contribution in [0.3, 0.4) is 0 Å². The Balaban J connectivity index is 1.44.